The molecule has 114 valence electrons. The Labute approximate surface area is 138 Å². The molecule has 0 atom stereocenters. The molecule has 2 aromatic rings. The van der Waals surface area contributed by atoms with Crippen molar-refractivity contribution in [3.05, 3.63) is 52.6 Å². The summed E-state index contributed by atoms with van der Waals surface area (Å²) in [6.07, 6.45) is 5.07. The van der Waals surface area contributed by atoms with Crippen LogP contribution in [-0.2, 0) is 0 Å². The van der Waals surface area contributed by atoms with Crippen LogP contribution in [0.4, 0.5) is 11.5 Å². The maximum absolute atomic E-state index is 12.4. The van der Waals surface area contributed by atoms with E-state index < -0.39 is 0 Å². The molecule has 0 radical (unpaired) electrons. The Bertz CT molecular complexity index is 634. The van der Waals surface area contributed by atoms with Gasteiger partial charge < -0.3 is 10.2 Å². The average molecular weight is 360 g/mol. The van der Waals surface area contributed by atoms with Crippen LogP contribution >= 0.6 is 15.9 Å². The van der Waals surface area contributed by atoms with Crippen LogP contribution in [0.5, 0.6) is 0 Å². The molecule has 1 N–H and O–H groups in total. The summed E-state index contributed by atoms with van der Waals surface area (Å²) in [5.41, 5.74) is 1.62. The lowest BCUT2D eigenvalue weighted by Crippen LogP contribution is -2.35. The highest BCUT2D eigenvalue weighted by Gasteiger charge is 2.18. The van der Waals surface area contributed by atoms with E-state index in [2.05, 4.69) is 26.2 Å². The first-order valence-corrected chi connectivity index (χ1v) is 8.29. The van der Waals surface area contributed by atoms with Crippen LogP contribution in [0.25, 0.3) is 0 Å². The smallest absolute Gasteiger partial charge is 0.255 e. The van der Waals surface area contributed by atoms with Crippen molar-refractivity contribution in [3.63, 3.8) is 0 Å². The summed E-state index contributed by atoms with van der Waals surface area (Å²) in [5, 5.41) is 3.22. The number of anilines is 2. The predicted octanol–water partition coefficient (Wildman–Crippen LogP) is 4.21. The van der Waals surface area contributed by atoms with Crippen LogP contribution in [0.2, 0.25) is 0 Å². The molecule has 2 heterocycles. The summed E-state index contributed by atoms with van der Waals surface area (Å²) in [5.74, 6) is 0.819. The first-order valence-electron chi connectivity index (χ1n) is 7.50. The van der Waals surface area contributed by atoms with Gasteiger partial charge in [-0.3, -0.25) is 4.79 Å². The van der Waals surface area contributed by atoms with Gasteiger partial charge >= 0.3 is 0 Å². The summed E-state index contributed by atoms with van der Waals surface area (Å²) in [6, 6.07) is 11.6. The second kappa shape index (κ2) is 6.92. The molecule has 1 fully saturated rings. The first-order chi connectivity index (χ1) is 10.7. The molecule has 22 heavy (non-hydrogen) atoms. The standard InChI is InChI=1S/C17H18BrN3O/c18-14-5-7-15(8-6-14)20-16-9-4-13(12-19-16)17(22)21-10-2-1-3-11-21/h4-9,12H,1-3,10-11H2,(H,19,20). The van der Waals surface area contributed by atoms with E-state index in [0.29, 0.717) is 5.56 Å². The summed E-state index contributed by atoms with van der Waals surface area (Å²) < 4.78 is 1.04. The van der Waals surface area contributed by atoms with Crippen molar-refractivity contribution in [2.24, 2.45) is 0 Å². The van der Waals surface area contributed by atoms with Crippen LogP contribution < -0.4 is 5.32 Å². The number of pyridine rings is 1. The molecule has 1 aliphatic rings. The van der Waals surface area contributed by atoms with Gasteiger partial charge in [-0.1, -0.05) is 15.9 Å². The number of nitrogens with one attached hydrogen (secondary N) is 1. The van der Waals surface area contributed by atoms with E-state index in [1.165, 1.54) is 6.42 Å². The van der Waals surface area contributed by atoms with Crippen molar-refractivity contribution < 1.29 is 4.79 Å². The van der Waals surface area contributed by atoms with E-state index in [1.54, 1.807) is 6.20 Å². The molecule has 4 nitrogen and oxygen atoms in total. The summed E-state index contributed by atoms with van der Waals surface area (Å²) >= 11 is 3.41. The van der Waals surface area contributed by atoms with Gasteiger partial charge in [0.2, 0.25) is 0 Å². The summed E-state index contributed by atoms with van der Waals surface area (Å²) in [4.78, 5) is 18.6. The highest BCUT2D eigenvalue weighted by molar-refractivity contribution is 9.10. The number of benzene rings is 1. The number of rotatable bonds is 3. The number of likely N-dealkylation sites (tertiary alicyclic amines) is 1. The first kappa shape index (κ1) is 15.0. The highest BCUT2D eigenvalue weighted by atomic mass is 79.9. The molecule has 0 aliphatic carbocycles. The van der Waals surface area contributed by atoms with Crippen LogP contribution in [0.3, 0.4) is 0 Å². The van der Waals surface area contributed by atoms with E-state index in [0.717, 1.165) is 41.9 Å². The SMILES string of the molecule is O=C(c1ccc(Nc2ccc(Br)cc2)nc1)N1CCCCC1. The van der Waals surface area contributed by atoms with Crippen LogP contribution in [0.15, 0.2) is 47.1 Å². The Kier molecular flexibility index (Phi) is 4.73. The molecule has 5 heteroatoms. The Hall–Kier alpha value is -1.88. The topological polar surface area (TPSA) is 45.2 Å². The molecule has 0 unspecified atom stereocenters. The normalized spacial score (nSPS) is 14.7. The number of amides is 1. The Balaban J connectivity index is 1.66. The van der Waals surface area contributed by atoms with E-state index in [9.17, 15) is 4.79 Å². The number of aromatic nitrogens is 1. The van der Waals surface area contributed by atoms with Crippen molar-refractivity contribution in [3.8, 4) is 0 Å². The van der Waals surface area contributed by atoms with Gasteiger partial charge in [0.15, 0.2) is 0 Å². The zero-order valence-electron chi connectivity index (χ0n) is 12.3. The van der Waals surface area contributed by atoms with Crippen molar-refractivity contribution in [1.82, 2.24) is 9.88 Å². The molecule has 0 spiro atoms. The lowest BCUT2D eigenvalue weighted by atomic mass is 10.1. The number of hydrogen-bond acceptors (Lipinski definition) is 3. The zero-order chi connectivity index (χ0) is 15.4. The fraction of sp³-hybridized carbons (Fsp3) is 0.294. The molecular formula is C17H18BrN3O. The largest absolute Gasteiger partial charge is 0.340 e. The Morgan fingerprint density at radius 1 is 1.05 bits per heavy atom. The van der Waals surface area contributed by atoms with Crippen molar-refractivity contribution in [1.29, 1.82) is 0 Å². The third-order valence-electron chi connectivity index (χ3n) is 3.77. The average Bonchev–Trinajstić information content (AvgIpc) is 2.58. The zero-order valence-corrected chi connectivity index (χ0v) is 13.8. The molecule has 3 rings (SSSR count). The minimum atomic E-state index is 0.0855. The molecule has 1 amide bonds. The minimum Gasteiger partial charge on any atom is -0.340 e. The quantitative estimate of drug-likeness (QED) is 0.892. The molecule has 0 saturated carbocycles. The van der Waals surface area contributed by atoms with Gasteiger partial charge in [0, 0.05) is 29.4 Å². The van der Waals surface area contributed by atoms with Gasteiger partial charge in [0.05, 0.1) is 5.56 Å². The predicted molar refractivity (Wildman–Crippen MR) is 91.4 cm³/mol. The van der Waals surface area contributed by atoms with Crippen LogP contribution in [-0.4, -0.2) is 28.9 Å². The fourth-order valence-electron chi connectivity index (χ4n) is 2.55. The highest BCUT2D eigenvalue weighted by Crippen LogP contribution is 2.19. The maximum atomic E-state index is 12.4. The monoisotopic (exact) mass is 359 g/mol. The number of carbonyl (C=O) groups excluding carboxylic acids is 1. The summed E-state index contributed by atoms with van der Waals surface area (Å²) in [7, 11) is 0. The number of carbonyl (C=O) groups is 1. The van der Waals surface area contributed by atoms with Gasteiger partial charge in [-0.05, 0) is 55.7 Å². The van der Waals surface area contributed by atoms with Gasteiger partial charge in [0.25, 0.3) is 5.91 Å². The second-order valence-corrected chi connectivity index (χ2v) is 6.33. The fourth-order valence-corrected chi connectivity index (χ4v) is 2.82. The number of halogens is 1. The lowest BCUT2D eigenvalue weighted by molar-refractivity contribution is 0.0724. The molecular weight excluding hydrogens is 342 g/mol. The number of piperidine rings is 1. The van der Waals surface area contributed by atoms with Gasteiger partial charge in [0.1, 0.15) is 5.82 Å². The van der Waals surface area contributed by atoms with Crippen LogP contribution in [0.1, 0.15) is 29.6 Å². The number of hydrogen-bond donors (Lipinski definition) is 1. The molecule has 0 bridgehead atoms. The Morgan fingerprint density at radius 2 is 1.77 bits per heavy atom. The Morgan fingerprint density at radius 3 is 2.41 bits per heavy atom. The van der Waals surface area contributed by atoms with Crippen molar-refractivity contribution >= 4 is 33.3 Å². The van der Waals surface area contributed by atoms with Crippen molar-refractivity contribution in [2.75, 3.05) is 18.4 Å². The maximum Gasteiger partial charge on any atom is 0.255 e. The van der Waals surface area contributed by atoms with Gasteiger partial charge in [-0.2, -0.15) is 0 Å². The number of nitrogens with zero attached hydrogens (tertiary/aromatic N) is 2. The second-order valence-electron chi connectivity index (χ2n) is 5.42. The van der Waals surface area contributed by atoms with Crippen molar-refractivity contribution in [2.45, 2.75) is 19.3 Å². The van der Waals surface area contributed by atoms with Gasteiger partial charge in [-0.15, -0.1) is 0 Å². The minimum absolute atomic E-state index is 0.0855. The van der Waals surface area contributed by atoms with E-state index in [-0.39, 0.29) is 5.91 Å². The molecule has 1 saturated heterocycles. The van der Waals surface area contributed by atoms with E-state index in [1.807, 2.05) is 41.3 Å². The molecule has 1 aromatic heterocycles. The van der Waals surface area contributed by atoms with Gasteiger partial charge in [-0.25, -0.2) is 4.98 Å². The summed E-state index contributed by atoms with van der Waals surface area (Å²) in [6.45, 7) is 1.72. The van der Waals surface area contributed by atoms with E-state index in [4.69, 9.17) is 0 Å². The van der Waals surface area contributed by atoms with Crippen LogP contribution in [0, 0.1) is 0 Å². The third kappa shape index (κ3) is 3.65. The third-order valence-corrected chi connectivity index (χ3v) is 4.30. The lowest BCUT2D eigenvalue weighted by Gasteiger charge is -2.26. The molecule has 1 aliphatic heterocycles. The molecule has 1 aromatic carbocycles. The van der Waals surface area contributed by atoms with E-state index >= 15 is 0 Å².